The van der Waals surface area contributed by atoms with E-state index in [0.717, 1.165) is 11.0 Å². The van der Waals surface area contributed by atoms with Gasteiger partial charge in [0.25, 0.3) is 0 Å². The third-order valence-electron chi connectivity index (χ3n) is 2.42. The van der Waals surface area contributed by atoms with Gasteiger partial charge in [0, 0.05) is 0 Å². The maximum absolute atomic E-state index is 11.0. The van der Waals surface area contributed by atoms with E-state index in [-0.39, 0.29) is 6.42 Å². The average molecular weight is 220 g/mol. The van der Waals surface area contributed by atoms with Crippen LogP contribution < -0.4 is 0 Å². The van der Waals surface area contributed by atoms with Gasteiger partial charge in [0.05, 0.1) is 37.0 Å². The van der Waals surface area contributed by atoms with Crippen molar-refractivity contribution in [2.75, 3.05) is 7.11 Å². The van der Waals surface area contributed by atoms with E-state index in [1.54, 1.807) is 24.5 Å². The number of methoxy groups -OCH3 is 1. The van der Waals surface area contributed by atoms with Gasteiger partial charge in [-0.3, -0.25) is 4.79 Å². The van der Waals surface area contributed by atoms with E-state index in [1.165, 1.54) is 7.11 Å². The largest absolute Gasteiger partial charge is 0.469 e. The number of imidazole rings is 1. The van der Waals surface area contributed by atoms with E-state index in [2.05, 4.69) is 14.7 Å². The molecule has 0 aliphatic heterocycles. The van der Waals surface area contributed by atoms with Crippen molar-refractivity contribution in [3.63, 3.8) is 0 Å². The zero-order valence-corrected chi connectivity index (χ0v) is 8.80. The van der Waals surface area contributed by atoms with E-state index in [1.807, 2.05) is 0 Å². The summed E-state index contributed by atoms with van der Waals surface area (Å²) in [5.74, 6) is -0.433. The van der Waals surface area contributed by atoms with Crippen molar-refractivity contribution in [2.24, 2.45) is 0 Å². The Bertz CT molecular complexity index is 507. The monoisotopic (exact) mass is 220 g/mol. The van der Waals surface area contributed by atoms with Gasteiger partial charge in [0.15, 0.2) is 0 Å². The normalized spacial score (nSPS) is 12.6. The molecule has 1 heterocycles. The lowest BCUT2D eigenvalue weighted by atomic mass is 10.1. The Balaban J connectivity index is 2.22. The summed E-state index contributed by atoms with van der Waals surface area (Å²) >= 11 is 0. The minimum absolute atomic E-state index is 0.0455. The first-order valence-corrected chi connectivity index (χ1v) is 4.88. The highest BCUT2D eigenvalue weighted by molar-refractivity contribution is 5.76. The van der Waals surface area contributed by atoms with Crippen LogP contribution in [0.3, 0.4) is 0 Å². The molecule has 2 N–H and O–H groups in total. The molecule has 1 aromatic heterocycles. The molecule has 0 saturated carbocycles. The Kier molecular flexibility index (Phi) is 2.87. The topological polar surface area (TPSA) is 75.2 Å². The Morgan fingerprint density at radius 3 is 3.19 bits per heavy atom. The van der Waals surface area contributed by atoms with E-state index >= 15 is 0 Å². The lowest BCUT2D eigenvalue weighted by Gasteiger charge is -2.09. The second kappa shape index (κ2) is 4.32. The maximum atomic E-state index is 11.0. The summed E-state index contributed by atoms with van der Waals surface area (Å²) in [6, 6.07) is 5.31. The van der Waals surface area contributed by atoms with Gasteiger partial charge in [-0.05, 0) is 17.7 Å². The Labute approximate surface area is 92.1 Å². The number of H-pyrrole nitrogens is 1. The number of aliphatic hydroxyl groups excluding tert-OH is 1. The van der Waals surface area contributed by atoms with Crippen LogP contribution in [0.1, 0.15) is 18.1 Å². The number of carbonyl (C=O) groups is 1. The number of benzene rings is 1. The van der Waals surface area contributed by atoms with Crippen molar-refractivity contribution < 1.29 is 14.6 Å². The maximum Gasteiger partial charge on any atom is 0.308 e. The van der Waals surface area contributed by atoms with Crippen molar-refractivity contribution >= 4 is 17.0 Å². The van der Waals surface area contributed by atoms with Gasteiger partial charge >= 0.3 is 5.97 Å². The van der Waals surface area contributed by atoms with Gasteiger partial charge in [0.2, 0.25) is 0 Å². The van der Waals surface area contributed by atoms with E-state index in [4.69, 9.17) is 0 Å². The van der Waals surface area contributed by atoms with Crippen LogP contribution >= 0.6 is 0 Å². The number of aromatic amines is 1. The number of esters is 1. The number of aromatic nitrogens is 2. The van der Waals surface area contributed by atoms with E-state index in [0.29, 0.717) is 5.56 Å². The summed E-state index contributed by atoms with van der Waals surface area (Å²) in [4.78, 5) is 18.0. The van der Waals surface area contributed by atoms with E-state index < -0.39 is 12.1 Å². The quantitative estimate of drug-likeness (QED) is 0.761. The first-order valence-electron chi connectivity index (χ1n) is 4.88. The predicted octanol–water partition coefficient (Wildman–Crippen LogP) is 1.16. The smallest absolute Gasteiger partial charge is 0.308 e. The van der Waals surface area contributed by atoms with Crippen LogP contribution in [0.4, 0.5) is 0 Å². The Morgan fingerprint density at radius 2 is 2.44 bits per heavy atom. The molecule has 0 fully saturated rings. The molecule has 0 aliphatic carbocycles. The molecule has 5 heteroatoms. The minimum Gasteiger partial charge on any atom is -0.469 e. The molecule has 1 atom stereocenters. The Morgan fingerprint density at radius 1 is 1.62 bits per heavy atom. The second-order valence-corrected chi connectivity index (χ2v) is 3.48. The molecule has 16 heavy (non-hydrogen) atoms. The number of nitrogens with one attached hydrogen (secondary N) is 1. The number of ether oxygens (including phenoxy) is 1. The molecule has 2 aromatic rings. The average Bonchev–Trinajstić information content (AvgIpc) is 2.75. The molecular formula is C11H12N2O3. The summed E-state index contributed by atoms with van der Waals surface area (Å²) in [5, 5.41) is 9.78. The van der Waals surface area contributed by atoms with Gasteiger partial charge in [-0.2, -0.15) is 0 Å². The van der Waals surface area contributed by atoms with Crippen LogP contribution in [0, 0.1) is 0 Å². The molecule has 2 rings (SSSR count). The molecule has 0 bridgehead atoms. The first-order chi connectivity index (χ1) is 7.70. The van der Waals surface area contributed by atoms with Crippen molar-refractivity contribution in [1.29, 1.82) is 0 Å². The molecule has 0 spiro atoms. The zero-order valence-electron chi connectivity index (χ0n) is 8.80. The van der Waals surface area contributed by atoms with Crippen LogP contribution in [0.2, 0.25) is 0 Å². The Hall–Kier alpha value is -1.88. The van der Waals surface area contributed by atoms with Gasteiger partial charge < -0.3 is 14.8 Å². The first kappa shape index (κ1) is 10.6. The standard InChI is InChI=1S/C11H12N2O3/c1-16-11(15)5-10(14)7-2-3-8-9(4-7)13-6-12-8/h2-4,6,10,14H,5H2,1H3,(H,12,13). The SMILES string of the molecule is COC(=O)CC(O)c1ccc2nc[nH]c2c1. The fourth-order valence-electron chi connectivity index (χ4n) is 1.52. The molecule has 0 radical (unpaired) electrons. The number of hydrogen-bond donors (Lipinski definition) is 2. The number of hydrogen-bond acceptors (Lipinski definition) is 4. The zero-order chi connectivity index (χ0) is 11.5. The van der Waals surface area contributed by atoms with Crippen LogP contribution in [-0.4, -0.2) is 28.2 Å². The summed E-state index contributed by atoms with van der Waals surface area (Å²) in [6.07, 6.45) is 0.692. The highest BCUT2D eigenvalue weighted by atomic mass is 16.5. The lowest BCUT2D eigenvalue weighted by molar-refractivity contribution is -0.142. The summed E-state index contributed by atoms with van der Waals surface area (Å²) in [5.41, 5.74) is 2.33. The summed E-state index contributed by atoms with van der Waals surface area (Å²) in [6.45, 7) is 0. The number of fused-ring (bicyclic) bond motifs is 1. The fraction of sp³-hybridized carbons (Fsp3) is 0.273. The number of rotatable bonds is 3. The molecule has 0 saturated heterocycles. The van der Waals surface area contributed by atoms with Crippen molar-refractivity contribution in [3.8, 4) is 0 Å². The van der Waals surface area contributed by atoms with Crippen LogP contribution in [0.15, 0.2) is 24.5 Å². The van der Waals surface area contributed by atoms with Crippen LogP contribution in [-0.2, 0) is 9.53 Å². The van der Waals surface area contributed by atoms with Crippen molar-refractivity contribution in [2.45, 2.75) is 12.5 Å². The van der Waals surface area contributed by atoms with Crippen LogP contribution in [0.25, 0.3) is 11.0 Å². The molecule has 0 aliphatic rings. The molecular weight excluding hydrogens is 208 g/mol. The number of carbonyl (C=O) groups excluding carboxylic acids is 1. The van der Waals surface area contributed by atoms with Gasteiger partial charge in [-0.1, -0.05) is 6.07 Å². The highest BCUT2D eigenvalue weighted by Gasteiger charge is 2.13. The molecule has 5 nitrogen and oxygen atoms in total. The van der Waals surface area contributed by atoms with Crippen molar-refractivity contribution in [3.05, 3.63) is 30.1 Å². The number of nitrogens with zero attached hydrogens (tertiary/aromatic N) is 1. The molecule has 1 unspecified atom stereocenters. The molecule has 1 aromatic carbocycles. The molecule has 0 amide bonds. The van der Waals surface area contributed by atoms with Gasteiger partial charge in [0.1, 0.15) is 0 Å². The third-order valence-corrected chi connectivity index (χ3v) is 2.42. The molecule has 84 valence electrons. The van der Waals surface area contributed by atoms with Crippen molar-refractivity contribution in [1.82, 2.24) is 9.97 Å². The minimum atomic E-state index is -0.847. The predicted molar refractivity (Wildman–Crippen MR) is 57.7 cm³/mol. The van der Waals surface area contributed by atoms with Gasteiger partial charge in [-0.15, -0.1) is 0 Å². The second-order valence-electron chi connectivity index (χ2n) is 3.48. The lowest BCUT2D eigenvalue weighted by Crippen LogP contribution is -2.07. The third kappa shape index (κ3) is 2.04. The van der Waals surface area contributed by atoms with Gasteiger partial charge in [-0.25, -0.2) is 4.98 Å². The van der Waals surface area contributed by atoms with Crippen LogP contribution in [0.5, 0.6) is 0 Å². The highest BCUT2D eigenvalue weighted by Crippen LogP contribution is 2.20. The summed E-state index contributed by atoms with van der Waals surface area (Å²) < 4.78 is 4.50. The van der Waals surface area contributed by atoms with E-state index in [9.17, 15) is 9.90 Å². The number of aliphatic hydroxyl groups is 1. The summed E-state index contributed by atoms with van der Waals surface area (Å²) in [7, 11) is 1.30. The fourth-order valence-corrected chi connectivity index (χ4v) is 1.52.